The fourth-order valence-corrected chi connectivity index (χ4v) is 11.3. The first-order valence-electron chi connectivity index (χ1n) is 24.8. The van der Waals surface area contributed by atoms with E-state index in [-0.39, 0.29) is 0 Å². The maximum absolute atomic E-state index is 2.40. The van der Waals surface area contributed by atoms with Crippen LogP contribution in [0.3, 0.4) is 0 Å². The van der Waals surface area contributed by atoms with Crippen LogP contribution in [-0.2, 0) is 0 Å². The standard InChI is InChI=1S/C70H46N2/c1-2-17-59-52(13-1)14-11-24-60(59)53-33-31-48(32-34-53)50-37-42-56(43-38-50)71(57-15-12-16-58(46-57)72-69-25-9-7-22-66(69)67-23-8-10-26-70(67)72)55-40-35-49(36-41-55)47-27-29-51(30-28-47)54-39-44-65-63-20-4-3-18-61(63)62-19-5-6-21-64(62)68(65)45-54/h1-46H. The van der Waals surface area contributed by atoms with E-state index in [0.29, 0.717) is 0 Å². The van der Waals surface area contributed by atoms with Crippen molar-refractivity contribution in [2.45, 2.75) is 0 Å². The van der Waals surface area contributed by atoms with E-state index in [9.17, 15) is 0 Å². The molecule has 1 aromatic heterocycles. The molecule has 2 heteroatoms. The van der Waals surface area contributed by atoms with E-state index in [0.717, 1.165) is 22.7 Å². The third-order valence-corrected chi connectivity index (χ3v) is 14.8. The highest BCUT2D eigenvalue weighted by molar-refractivity contribution is 6.25. The molecule has 0 aliphatic rings. The lowest BCUT2D eigenvalue weighted by Gasteiger charge is -2.26. The molecule has 0 atom stereocenters. The van der Waals surface area contributed by atoms with Crippen LogP contribution in [0.25, 0.3) is 115 Å². The lowest BCUT2D eigenvalue weighted by Crippen LogP contribution is -2.10. The predicted octanol–water partition coefficient (Wildman–Crippen LogP) is 19.5. The van der Waals surface area contributed by atoms with Crippen molar-refractivity contribution in [1.29, 1.82) is 0 Å². The number of benzene rings is 13. The average Bonchev–Trinajstić information content (AvgIpc) is 3.80. The molecule has 14 aromatic rings. The summed E-state index contributed by atoms with van der Waals surface area (Å²) >= 11 is 0. The van der Waals surface area contributed by atoms with Gasteiger partial charge in [0.2, 0.25) is 0 Å². The molecule has 0 fully saturated rings. The molecule has 0 radical (unpaired) electrons. The molecule has 0 N–H and O–H groups in total. The van der Waals surface area contributed by atoms with Crippen LogP contribution in [0.2, 0.25) is 0 Å². The summed E-state index contributed by atoms with van der Waals surface area (Å²) in [6.07, 6.45) is 0. The molecule has 0 bridgehead atoms. The summed E-state index contributed by atoms with van der Waals surface area (Å²) in [4.78, 5) is 2.38. The van der Waals surface area contributed by atoms with Crippen LogP contribution in [0.15, 0.2) is 279 Å². The van der Waals surface area contributed by atoms with Gasteiger partial charge < -0.3 is 9.47 Å². The lowest BCUT2D eigenvalue weighted by molar-refractivity contribution is 1.17. The number of rotatable bonds is 8. The van der Waals surface area contributed by atoms with Gasteiger partial charge in [0.1, 0.15) is 0 Å². The first-order valence-corrected chi connectivity index (χ1v) is 24.8. The minimum atomic E-state index is 1.08. The van der Waals surface area contributed by atoms with Crippen LogP contribution in [0.4, 0.5) is 17.1 Å². The molecule has 0 saturated heterocycles. The Morgan fingerprint density at radius 2 is 0.611 bits per heavy atom. The number of aromatic nitrogens is 1. The lowest BCUT2D eigenvalue weighted by atomic mass is 9.92. The van der Waals surface area contributed by atoms with E-state index in [4.69, 9.17) is 0 Å². The minimum Gasteiger partial charge on any atom is -0.310 e. The molecule has 336 valence electrons. The third kappa shape index (κ3) is 7.03. The molecule has 72 heavy (non-hydrogen) atoms. The second-order valence-electron chi connectivity index (χ2n) is 18.9. The van der Waals surface area contributed by atoms with Gasteiger partial charge in [0.15, 0.2) is 0 Å². The van der Waals surface area contributed by atoms with E-state index in [1.807, 2.05) is 0 Å². The second-order valence-corrected chi connectivity index (χ2v) is 18.9. The minimum absolute atomic E-state index is 1.08. The van der Waals surface area contributed by atoms with E-state index in [1.165, 1.54) is 109 Å². The van der Waals surface area contributed by atoms with Gasteiger partial charge in [-0.15, -0.1) is 0 Å². The summed E-state index contributed by atoms with van der Waals surface area (Å²) in [6, 6.07) is 102. The Morgan fingerprint density at radius 1 is 0.222 bits per heavy atom. The van der Waals surface area contributed by atoms with Crippen molar-refractivity contribution in [3.63, 3.8) is 0 Å². The Morgan fingerprint density at radius 3 is 1.17 bits per heavy atom. The first-order chi connectivity index (χ1) is 35.7. The molecule has 0 aliphatic carbocycles. The fraction of sp³-hybridized carbons (Fsp3) is 0. The Kier molecular flexibility index (Phi) is 9.89. The molecule has 0 saturated carbocycles. The molecule has 0 amide bonds. The summed E-state index contributed by atoms with van der Waals surface area (Å²) in [5, 5.41) is 12.8. The van der Waals surface area contributed by atoms with Crippen LogP contribution in [0, 0.1) is 0 Å². The van der Waals surface area contributed by atoms with Gasteiger partial charge in [-0.2, -0.15) is 0 Å². The van der Waals surface area contributed by atoms with Gasteiger partial charge in [0.25, 0.3) is 0 Å². The fourth-order valence-electron chi connectivity index (χ4n) is 11.3. The highest BCUT2D eigenvalue weighted by Gasteiger charge is 2.18. The number of para-hydroxylation sites is 2. The molecule has 14 rings (SSSR count). The van der Waals surface area contributed by atoms with E-state index in [1.54, 1.807) is 0 Å². The number of hydrogen-bond donors (Lipinski definition) is 0. The maximum atomic E-state index is 2.40. The highest BCUT2D eigenvalue weighted by atomic mass is 15.1. The Bertz CT molecular complexity index is 4260. The average molecular weight is 915 g/mol. The molecule has 0 aliphatic heterocycles. The smallest absolute Gasteiger partial charge is 0.0541 e. The van der Waals surface area contributed by atoms with Crippen molar-refractivity contribution in [2.75, 3.05) is 4.90 Å². The summed E-state index contributed by atoms with van der Waals surface area (Å²) in [5.41, 5.74) is 16.3. The van der Waals surface area contributed by atoms with Crippen molar-refractivity contribution in [1.82, 2.24) is 4.57 Å². The second kappa shape index (κ2) is 17.2. The van der Waals surface area contributed by atoms with Gasteiger partial charge >= 0.3 is 0 Å². The molecular formula is C70H46N2. The third-order valence-electron chi connectivity index (χ3n) is 14.8. The van der Waals surface area contributed by atoms with Crippen LogP contribution in [0.5, 0.6) is 0 Å². The number of hydrogen-bond acceptors (Lipinski definition) is 1. The highest BCUT2D eigenvalue weighted by Crippen LogP contribution is 2.41. The van der Waals surface area contributed by atoms with Gasteiger partial charge in [0.05, 0.1) is 11.0 Å². The van der Waals surface area contributed by atoms with Crippen LogP contribution < -0.4 is 4.90 Å². The van der Waals surface area contributed by atoms with Crippen LogP contribution in [-0.4, -0.2) is 4.57 Å². The predicted molar refractivity (Wildman–Crippen MR) is 307 cm³/mol. The monoisotopic (exact) mass is 914 g/mol. The summed E-state index contributed by atoms with van der Waals surface area (Å²) in [6.45, 7) is 0. The van der Waals surface area contributed by atoms with Crippen molar-refractivity contribution < 1.29 is 0 Å². The van der Waals surface area contributed by atoms with Gasteiger partial charge in [0, 0.05) is 33.5 Å². The topological polar surface area (TPSA) is 8.17 Å². The zero-order valence-corrected chi connectivity index (χ0v) is 39.5. The maximum Gasteiger partial charge on any atom is 0.0541 e. The van der Waals surface area contributed by atoms with Crippen molar-refractivity contribution in [3.05, 3.63) is 279 Å². The number of anilines is 3. The SMILES string of the molecule is c1cc(N(c2ccc(-c3ccc(-c4ccc5c6ccccc6c6ccccc6c5c4)cc3)cc2)c2ccc(-c3ccc(-c4cccc5ccccc45)cc3)cc2)cc(-n2c3ccccc3c3ccccc32)c1. The van der Waals surface area contributed by atoms with E-state index < -0.39 is 0 Å². The van der Waals surface area contributed by atoms with Crippen molar-refractivity contribution >= 4 is 82.0 Å². The number of fused-ring (bicyclic) bond motifs is 10. The first kappa shape index (κ1) is 41.5. The summed E-state index contributed by atoms with van der Waals surface area (Å²) in [5.74, 6) is 0. The number of nitrogens with zero attached hydrogens (tertiary/aromatic N) is 2. The Labute approximate surface area is 418 Å². The zero-order chi connectivity index (χ0) is 47.5. The van der Waals surface area contributed by atoms with Crippen molar-refractivity contribution in [3.8, 4) is 50.2 Å². The van der Waals surface area contributed by atoms with E-state index in [2.05, 4.69) is 289 Å². The molecule has 0 spiro atoms. The van der Waals surface area contributed by atoms with Gasteiger partial charge in [-0.05, 0) is 148 Å². The van der Waals surface area contributed by atoms with Crippen LogP contribution in [0.1, 0.15) is 0 Å². The molecular weight excluding hydrogens is 869 g/mol. The largest absolute Gasteiger partial charge is 0.310 e. The summed E-state index contributed by atoms with van der Waals surface area (Å²) < 4.78 is 2.40. The summed E-state index contributed by atoms with van der Waals surface area (Å²) in [7, 11) is 0. The molecule has 13 aromatic carbocycles. The molecule has 2 nitrogen and oxygen atoms in total. The molecule has 1 heterocycles. The normalized spacial score (nSPS) is 11.6. The van der Waals surface area contributed by atoms with Crippen LogP contribution >= 0.6 is 0 Å². The zero-order valence-electron chi connectivity index (χ0n) is 39.5. The molecule has 0 unspecified atom stereocenters. The van der Waals surface area contributed by atoms with Gasteiger partial charge in [-0.1, -0.05) is 218 Å². The van der Waals surface area contributed by atoms with E-state index >= 15 is 0 Å². The Hall–Kier alpha value is -9.50. The van der Waals surface area contributed by atoms with Gasteiger partial charge in [-0.25, -0.2) is 0 Å². The van der Waals surface area contributed by atoms with Gasteiger partial charge in [-0.3, -0.25) is 0 Å². The Balaban J connectivity index is 0.814. The van der Waals surface area contributed by atoms with Crippen molar-refractivity contribution in [2.24, 2.45) is 0 Å². The quantitative estimate of drug-likeness (QED) is 0.138.